The number of piperazine rings is 1. The van der Waals surface area contributed by atoms with Crippen molar-refractivity contribution in [2.75, 3.05) is 31.5 Å². The number of aryl methyl sites for hydroxylation is 1. The van der Waals surface area contributed by atoms with E-state index in [2.05, 4.69) is 57.6 Å². The van der Waals surface area contributed by atoms with Crippen LogP contribution in [0.4, 0.5) is 5.69 Å². The molecule has 1 aromatic heterocycles. The summed E-state index contributed by atoms with van der Waals surface area (Å²) in [7, 11) is 2.09. The number of rotatable bonds is 4. The molecule has 0 radical (unpaired) electrons. The molecule has 23 heavy (non-hydrogen) atoms. The average molecular weight is 312 g/mol. The Morgan fingerprint density at radius 3 is 2.43 bits per heavy atom. The molecule has 2 aromatic rings. The van der Waals surface area contributed by atoms with Gasteiger partial charge in [-0.1, -0.05) is 12.1 Å². The molecule has 5 heteroatoms. The second kappa shape index (κ2) is 6.98. The highest BCUT2D eigenvalue weighted by Crippen LogP contribution is 2.29. The number of hydrogen-bond donors (Lipinski definition) is 2. The second-order valence-electron chi connectivity index (χ2n) is 6.04. The number of nitrogens with one attached hydrogen (secondary N) is 2. The molecular weight excluding hydrogens is 288 g/mol. The molecule has 3 rings (SSSR count). The average Bonchev–Trinajstić information content (AvgIpc) is 2.96. The van der Waals surface area contributed by atoms with Crippen LogP contribution in [0.3, 0.4) is 0 Å². The van der Waals surface area contributed by atoms with Gasteiger partial charge in [0, 0.05) is 57.7 Å². The van der Waals surface area contributed by atoms with Crippen molar-refractivity contribution in [3.63, 3.8) is 0 Å². The van der Waals surface area contributed by atoms with Crippen LogP contribution in [-0.4, -0.2) is 41.6 Å². The van der Waals surface area contributed by atoms with Crippen LogP contribution in [0.15, 0.2) is 42.6 Å². The Labute approximate surface area is 137 Å². The van der Waals surface area contributed by atoms with Crippen molar-refractivity contribution in [1.82, 2.24) is 14.8 Å². The summed E-state index contributed by atoms with van der Waals surface area (Å²) >= 11 is 0. The number of benzene rings is 1. The quantitative estimate of drug-likeness (QED) is 0.907. The van der Waals surface area contributed by atoms with Gasteiger partial charge in [0.25, 0.3) is 0 Å². The van der Waals surface area contributed by atoms with Crippen LogP contribution in [-0.2, 0) is 11.8 Å². The lowest BCUT2D eigenvalue weighted by Crippen LogP contribution is -2.45. The maximum absolute atomic E-state index is 11.2. The molecule has 0 saturated carbocycles. The second-order valence-corrected chi connectivity index (χ2v) is 6.04. The number of nitrogens with zero attached hydrogens (tertiary/aromatic N) is 2. The third-order valence-electron chi connectivity index (χ3n) is 4.33. The molecule has 1 aliphatic heterocycles. The summed E-state index contributed by atoms with van der Waals surface area (Å²) in [5.74, 6) is -0.0427. The lowest BCUT2D eigenvalue weighted by atomic mass is 10.0. The first-order valence-corrected chi connectivity index (χ1v) is 8.08. The van der Waals surface area contributed by atoms with E-state index in [1.807, 2.05) is 12.1 Å². The Balaban J connectivity index is 1.91. The van der Waals surface area contributed by atoms with Crippen molar-refractivity contribution < 1.29 is 4.79 Å². The summed E-state index contributed by atoms with van der Waals surface area (Å²) in [4.78, 5) is 13.7. The normalized spacial score (nSPS) is 17.0. The lowest BCUT2D eigenvalue weighted by molar-refractivity contribution is -0.114. The van der Waals surface area contributed by atoms with Crippen molar-refractivity contribution in [1.29, 1.82) is 0 Å². The molecule has 0 bridgehead atoms. The van der Waals surface area contributed by atoms with Crippen LogP contribution < -0.4 is 10.6 Å². The van der Waals surface area contributed by atoms with Crippen LogP contribution in [0.1, 0.15) is 24.2 Å². The first-order valence-electron chi connectivity index (χ1n) is 8.08. The van der Waals surface area contributed by atoms with Gasteiger partial charge in [-0.15, -0.1) is 0 Å². The fourth-order valence-corrected chi connectivity index (χ4v) is 3.22. The van der Waals surface area contributed by atoms with E-state index in [9.17, 15) is 4.79 Å². The molecule has 2 heterocycles. The van der Waals surface area contributed by atoms with Crippen molar-refractivity contribution in [2.45, 2.75) is 13.0 Å². The van der Waals surface area contributed by atoms with Crippen LogP contribution in [0.5, 0.6) is 0 Å². The zero-order valence-electron chi connectivity index (χ0n) is 13.7. The first-order chi connectivity index (χ1) is 11.1. The Bertz CT molecular complexity index is 656. The molecule has 1 saturated heterocycles. The summed E-state index contributed by atoms with van der Waals surface area (Å²) in [5, 5.41) is 6.24. The van der Waals surface area contributed by atoms with Gasteiger partial charge in [-0.25, -0.2) is 0 Å². The maximum Gasteiger partial charge on any atom is 0.221 e. The molecule has 0 aliphatic carbocycles. The van der Waals surface area contributed by atoms with Gasteiger partial charge < -0.3 is 15.2 Å². The fraction of sp³-hybridized carbons (Fsp3) is 0.389. The molecule has 1 aliphatic rings. The summed E-state index contributed by atoms with van der Waals surface area (Å²) in [6, 6.07) is 12.7. The Hall–Kier alpha value is -2.11. The summed E-state index contributed by atoms with van der Waals surface area (Å²) in [6.45, 7) is 5.63. The zero-order chi connectivity index (χ0) is 16.2. The first kappa shape index (κ1) is 15.8. The molecule has 1 amide bonds. The summed E-state index contributed by atoms with van der Waals surface area (Å²) < 4.78 is 2.19. The van der Waals surface area contributed by atoms with Gasteiger partial charge in [0.05, 0.1) is 6.04 Å². The van der Waals surface area contributed by atoms with Crippen molar-refractivity contribution >= 4 is 11.6 Å². The van der Waals surface area contributed by atoms with Gasteiger partial charge in [0.15, 0.2) is 0 Å². The van der Waals surface area contributed by atoms with Gasteiger partial charge >= 0.3 is 0 Å². The molecular formula is C18H24N4O. The molecule has 5 nitrogen and oxygen atoms in total. The molecule has 122 valence electrons. The van der Waals surface area contributed by atoms with Crippen molar-refractivity contribution in [3.05, 3.63) is 53.9 Å². The minimum Gasteiger partial charge on any atom is -0.353 e. The maximum atomic E-state index is 11.2. The van der Waals surface area contributed by atoms with E-state index in [4.69, 9.17) is 0 Å². The van der Waals surface area contributed by atoms with Gasteiger partial charge in [0.2, 0.25) is 5.91 Å². The van der Waals surface area contributed by atoms with Crippen LogP contribution in [0, 0.1) is 0 Å². The summed E-state index contributed by atoms with van der Waals surface area (Å²) in [6.07, 6.45) is 2.09. The van der Waals surface area contributed by atoms with Crippen LogP contribution in [0.25, 0.3) is 0 Å². The minimum atomic E-state index is -0.0427. The lowest BCUT2D eigenvalue weighted by Gasteiger charge is -2.35. The molecule has 1 atom stereocenters. The monoisotopic (exact) mass is 312 g/mol. The Kier molecular flexibility index (Phi) is 4.79. The topological polar surface area (TPSA) is 49.3 Å². The largest absolute Gasteiger partial charge is 0.353 e. The van der Waals surface area contributed by atoms with Gasteiger partial charge in [-0.05, 0) is 29.8 Å². The molecule has 1 unspecified atom stereocenters. The number of carbonyl (C=O) groups is 1. The van der Waals surface area contributed by atoms with Crippen molar-refractivity contribution in [3.8, 4) is 0 Å². The van der Waals surface area contributed by atoms with Crippen LogP contribution >= 0.6 is 0 Å². The van der Waals surface area contributed by atoms with Gasteiger partial charge in [-0.3, -0.25) is 9.69 Å². The van der Waals surface area contributed by atoms with E-state index < -0.39 is 0 Å². The van der Waals surface area contributed by atoms with E-state index >= 15 is 0 Å². The Morgan fingerprint density at radius 2 is 1.87 bits per heavy atom. The summed E-state index contributed by atoms with van der Waals surface area (Å²) in [5.41, 5.74) is 3.38. The predicted molar refractivity (Wildman–Crippen MR) is 92.4 cm³/mol. The predicted octanol–water partition coefficient (Wildman–Crippen LogP) is 1.98. The van der Waals surface area contributed by atoms with E-state index in [1.165, 1.54) is 18.2 Å². The molecule has 1 fully saturated rings. The minimum absolute atomic E-state index is 0.0427. The fourth-order valence-electron chi connectivity index (χ4n) is 3.22. The number of carbonyl (C=O) groups excluding carboxylic acids is 1. The number of hydrogen-bond acceptors (Lipinski definition) is 3. The van der Waals surface area contributed by atoms with E-state index in [-0.39, 0.29) is 11.9 Å². The van der Waals surface area contributed by atoms with Gasteiger partial charge in [-0.2, -0.15) is 0 Å². The number of amides is 1. The third-order valence-corrected chi connectivity index (χ3v) is 4.33. The molecule has 1 aromatic carbocycles. The molecule has 2 N–H and O–H groups in total. The standard InChI is InChI=1S/C18H24N4O/c1-14(23)20-16-7-5-15(6-8-16)18(17-4-3-11-21(17)2)22-12-9-19-10-13-22/h3-8,11,18-19H,9-10,12-13H2,1-2H3,(H,20,23). The number of anilines is 1. The number of aromatic nitrogens is 1. The third kappa shape index (κ3) is 3.63. The van der Waals surface area contributed by atoms with Gasteiger partial charge in [0.1, 0.15) is 0 Å². The SMILES string of the molecule is CC(=O)Nc1ccc(C(c2cccn2C)N2CCNCC2)cc1. The Morgan fingerprint density at radius 1 is 1.17 bits per heavy atom. The van der Waals surface area contributed by atoms with Crippen LogP contribution in [0.2, 0.25) is 0 Å². The van der Waals surface area contributed by atoms with Crippen molar-refractivity contribution in [2.24, 2.45) is 7.05 Å². The van der Waals surface area contributed by atoms with E-state index in [1.54, 1.807) is 0 Å². The zero-order valence-corrected chi connectivity index (χ0v) is 13.7. The highest BCUT2D eigenvalue weighted by atomic mass is 16.1. The molecule has 0 spiro atoms. The highest BCUT2D eigenvalue weighted by molar-refractivity contribution is 5.88. The highest BCUT2D eigenvalue weighted by Gasteiger charge is 2.25. The van der Waals surface area contributed by atoms with E-state index in [0.717, 1.165) is 31.9 Å². The smallest absolute Gasteiger partial charge is 0.221 e. The van der Waals surface area contributed by atoms with E-state index in [0.29, 0.717) is 0 Å².